The van der Waals surface area contributed by atoms with Gasteiger partial charge in [0.05, 0.1) is 0 Å². The van der Waals surface area contributed by atoms with E-state index in [4.69, 9.17) is 4.98 Å². The molecule has 0 aliphatic carbocycles. The average Bonchev–Trinajstić information content (AvgIpc) is 2.79. The highest BCUT2D eigenvalue weighted by Gasteiger charge is 2.29. The molecule has 1 saturated heterocycles. The molecule has 5 nitrogen and oxygen atoms in total. The molecule has 3 heterocycles. The normalized spacial score (nSPS) is 16.4. The first-order valence-electron chi connectivity index (χ1n) is 10.9. The number of rotatable bonds is 4. The van der Waals surface area contributed by atoms with Crippen LogP contribution in [0.3, 0.4) is 0 Å². The second-order valence-electron chi connectivity index (χ2n) is 8.55. The molecule has 0 radical (unpaired) electrons. The highest BCUT2D eigenvalue weighted by Crippen LogP contribution is 2.27. The summed E-state index contributed by atoms with van der Waals surface area (Å²) >= 11 is 0. The van der Waals surface area contributed by atoms with E-state index in [2.05, 4.69) is 24.3 Å². The van der Waals surface area contributed by atoms with E-state index in [0.29, 0.717) is 18.7 Å². The van der Waals surface area contributed by atoms with Gasteiger partial charge < -0.3 is 9.47 Å². The predicted molar refractivity (Wildman–Crippen MR) is 123 cm³/mol. The van der Waals surface area contributed by atoms with Gasteiger partial charge >= 0.3 is 0 Å². The molecule has 0 saturated carbocycles. The van der Waals surface area contributed by atoms with E-state index in [9.17, 15) is 9.59 Å². The van der Waals surface area contributed by atoms with Gasteiger partial charge in [-0.3, -0.25) is 14.6 Å². The zero-order chi connectivity index (χ0) is 22.0. The maximum Gasteiger partial charge on any atom is 0.263 e. The fraction of sp³-hybridized carbons (Fsp3) is 0.346. The molecule has 0 bridgehead atoms. The van der Waals surface area contributed by atoms with Crippen molar-refractivity contribution in [3.63, 3.8) is 0 Å². The first-order chi connectivity index (χ1) is 14.9. The molecule has 5 heteroatoms. The molecule has 3 aromatic rings. The van der Waals surface area contributed by atoms with Crippen LogP contribution in [-0.4, -0.2) is 33.4 Å². The van der Waals surface area contributed by atoms with Crippen LogP contribution in [0.5, 0.6) is 0 Å². The standard InChI is InChI=1S/C26H29N3O2/c1-18-14-19(2)28(3)25(30)24(18)26(31)29-13-7-10-22(17-29)23-12-11-21(16-27-23)15-20-8-5-4-6-9-20/h4-6,8-9,11-12,14,16,22H,7,10,13,15,17H2,1-3H3/t22-/m1/s1. The Kier molecular flexibility index (Phi) is 6.03. The van der Waals surface area contributed by atoms with Crippen LogP contribution in [-0.2, 0) is 13.5 Å². The van der Waals surface area contributed by atoms with Crippen LogP contribution in [0.2, 0.25) is 0 Å². The van der Waals surface area contributed by atoms with Crippen LogP contribution in [0.4, 0.5) is 0 Å². The maximum absolute atomic E-state index is 13.2. The van der Waals surface area contributed by atoms with Crippen molar-refractivity contribution in [2.75, 3.05) is 13.1 Å². The minimum Gasteiger partial charge on any atom is -0.338 e. The zero-order valence-electron chi connectivity index (χ0n) is 18.5. The lowest BCUT2D eigenvalue weighted by Crippen LogP contribution is -2.42. The van der Waals surface area contributed by atoms with Gasteiger partial charge in [-0.25, -0.2) is 0 Å². The van der Waals surface area contributed by atoms with Crippen LogP contribution in [0, 0.1) is 13.8 Å². The van der Waals surface area contributed by atoms with Crippen LogP contribution in [0.25, 0.3) is 0 Å². The number of benzene rings is 1. The summed E-state index contributed by atoms with van der Waals surface area (Å²) in [6.45, 7) is 5.00. The van der Waals surface area contributed by atoms with Crippen LogP contribution >= 0.6 is 0 Å². The third-order valence-electron chi connectivity index (χ3n) is 6.31. The number of piperidine rings is 1. The van der Waals surface area contributed by atoms with Crippen LogP contribution in [0.1, 0.15) is 57.2 Å². The van der Waals surface area contributed by atoms with Crippen molar-refractivity contribution >= 4 is 5.91 Å². The zero-order valence-corrected chi connectivity index (χ0v) is 18.5. The molecule has 2 aromatic heterocycles. The number of likely N-dealkylation sites (tertiary alicyclic amines) is 1. The Labute approximate surface area is 183 Å². The average molecular weight is 416 g/mol. The van der Waals surface area contributed by atoms with Crippen LogP contribution in [0.15, 0.2) is 59.5 Å². The summed E-state index contributed by atoms with van der Waals surface area (Å²) in [5, 5.41) is 0. The van der Waals surface area contributed by atoms with Crippen molar-refractivity contribution in [2.45, 2.75) is 39.0 Å². The molecule has 0 spiro atoms. The third-order valence-corrected chi connectivity index (χ3v) is 6.31. The third kappa shape index (κ3) is 4.46. The van der Waals surface area contributed by atoms with E-state index in [1.54, 1.807) is 11.6 Å². The van der Waals surface area contributed by atoms with Gasteiger partial charge in [0.2, 0.25) is 0 Å². The van der Waals surface area contributed by atoms with Crippen molar-refractivity contribution in [3.8, 4) is 0 Å². The van der Waals surface area contributed by atoms with Gasteiger partial charge in [0, 0.05) is 43.6 Å². The molecular weight excluding hydrogens is 386 g/mol. The van der Waals surface area contributed by atoms with Crippen molar-refractivity contribution in [3.05, 3.63) is 98.7 Å². The smallest absolute Gasteiger partial charge is 0.263 e. The minimum atomic E-state index is -0.215. The fourth-order valence-corrected chi connectivity index (χ4v) is 4.41. The molecule has 1 aliphatic heterocycles. The first kappa shape index (κ1) is 21.0. The first-order valence-corrected chi connectivity index (χ1v) is 10.9. The lowest BCUT2D eigenvalue weighted by atomic mass is 9.93. The number of hydrogen-bond acceptors (Lipinski definition) is 3. The van der Waals surface area contributed by atoms with Gasteiger partial charge in [0.15, 0.2) is 0 Å². The summed E-state index contributed by atoms with van der Waals surface area (Å²) in [4.78, 5) is 32.5. The van der Waals surface area contributed by atoms with E-state index in [0.717, 1.165) is 36.2 Å². The van der Waals surface area contributed by atoms with E-state index < -0.39 is 0 Å². The van der Waals surface area contributed by atoms with Gasteiger partial charge in [0.1, 0.15) is 5.56 Å². The van der Waals surface area contributed by atoms with E-state index in [1.165, 1.54) is 11.1 Å². The number of aryl methyl sites for hydroxylation is 2. The number of hydrogen-bond donors (Lipinski definition) is 0. The topological polar surface area (TPSA) is 55.2 Å². The van der Waals surface area contributed by atoms with Gasteiger partial charge in [-0.05, 0) is 61.9 Å². The minimum absolute atomic E-state index is 0.163. The van der Waals surface area contributed by atoms with E-state index >= 15 is 0 Å². The summed E-state index contributed by atoms with van der Waals surface area (Å²) in [7, 11) is 1.72. The van der Waals surface area contributed by atoms with Gasteiger partial charge in [-0.1, -0.05) is 36.4 Å². The highest BCUT2D eigenvalue weighted by atomic mass is 16.2. The Morgan fingerprint density at radius 1 is 1.10 bits per heavy atom. The van der Waals surface area contributed by atoms with Crippen LogP contribution < -0.4 is 5.56 Å². The molecule has 160 valence electrons. The number of carbonyl (C=O) groups is 1. The molecule has 1 atom stereocenters. The Bertz CT molecular complexity index is 1130. The Balaban J connectivity index is 1.49. The second kappa shape index (κ2) is 8.88. The molecule has 1 aliphatic rings. The summed E-state index contributed by atoms with van der Waals surface area (Å²) in [6, 6.07) is 16.5. The molecule has 1 aromatic carbocycles. The Hall–Kier alpha value is -3.21. The predicted octanol–water partition coefficient (Wildman–Crippen LogP) is 4.01. The number of pyridine rings is 2. The van der Waals surface area contributed by atoms with Gasteiger partial charge in [0.25, 0.3) is 11.5 Å². The molecule has 0 unspecified atom stereocenters. The molecule has 1 fully saturated rings. The van der Waals surface area contributed by atoms with Crippen molar-refractivity contribution in [1.82, 2.24) is 14.5 Å². The molecule has 0 N–H and O–H groups in total. The lowest BCUT2D eigenvalue weighted by molar-refractivity contribution is 0.0702. The maximum atomic E-state index is 13.2. The van der Waals surface area contributed by atoms with E-state index in [1.807, 2.05) is 49.2 Å². The number of carbonyl (C=O) groups excluding carboxylic acids is 1. The lowest BCUT2D eigenvalue weighted by Gasteiger charge is -2.33. The summed E-state index contributed by atoms with van der Waals surface area (Å²) < 4.78 is 1.55. The molecule has 31 heavy (non-hydrogen) atoms. The quantitative estimate of drug-likeness (QED) is 0.647. The van der Waals surface area contributed by atoms with Crippen molar-refractivity contribution in [2.24, 2.45) is 7.05 Å². The molecule has 1 amide bonds. The Morgan fingerprint density at radius 2 is 1.87 bits per heavy atom. The number of aromatic nitrogens is 2. The largest absolute Gasteiger partial charge is 0.338 e. The summed E-state index contributed by atoms with van der Waals surface area (Å²) in [5.74, 6) is 0.0292. The van der Waals surface area contributed by atoms with Gasteiger partial charge in [-0.2, -0.15) is 0 Å². The van der Waals surface area contributed by atoms with E-state index in [-0.39, 0.29) is 17.4 Å². The molecule has 4 rings (SSSR count). The number of nitrogens with zero attached hydrogens (tertiary/aromatic N) is 3. The highest BCUT2D eigenvalue weighted by molar-refractivity contribution is 5.95. The monoisotopic (exact) mass is 415 g/mol. The second-order valence-corrected chi connectivity index (χ2v) is 8.55. The SMILES string of the molecule is Cc1cc(C)n(C)c(=O)c1C(=O)N1CCC[C@@H](c2ccc(Cc3ccccc3)cn2)C1. The fourth-order valence-electron chi connectivity index (χ4n) is 4.41. The van der Waals surface area contributed by atoms with Crippen molar-refractivity contribution < 1.29 is 4.79 Å². The van der Waals surface area contributed by atoms with Gasteiger partial charge in [-0.15, -0.1) is 0 Å². The molecular formula is C26H29N3O2. The van der Waals surface area contributed by atoms with Crippen molar-refractivity contribution in [1.29, 1.82) is 0 Å². The summed E-state index contributed by atoms with van der Waals surface area (Å²) in [6.07, 6.45) is 4.72. The summed E-state index contributed by atoms with van der Waals surface area (Å²) in [5.41, 5.74) is 5.14. The Morgan fingerprint density at radius 3 is 2.58 bits per heavy atom. The number of amides is 1.